The third kappa shape index (κ3) is 3.30. The minimum Gasteiger partial charge on any atom is -0.481 e. The summed E-state index contributed by atoms with van der Waals surface area (Å²) >= 11 is 3.42. The fourth-order valence-corrected chi connectivity index (χ4v) is 4.15. The van der Waals surface area contributed by atoms with Crippen LogP contribution in [-0.2, 0) is 17.0 Å². The zero-order valence-corrected chi connectivity index (χ0v) is 12.6. The minimum atomic E-state index is -0.894. The first-order valence-electron chi connectivity index (χ1n) is 6.22. The number of thiophene rings is 1. The molecule has 6 heteroatoms. The average Bonchev–Trinajstić information content (AvgIpc) is 2.81. The minimum absolute atomic E-state index is 0.162. The van der Waals surface area contributed by atoms with Crippen molar-refractivity contribution in [3.8, 4) is 0 Å². The smallest absolute Gasteiger partial charge is 0.308 e. The Morgan fingerprint density at radius 1 is 1.42 bits per heavy atom. The van der Waals surface area contributed by atoms with Crippen molar-refractivity contribution in [3.05, 3.63) is 21.4 Å². The van der Waals surface area contributed by atoms with Crippen LogP contribution in [0.4, 0.5) is 0 Å². The molecule has 2 atom stereocenters. The molecular formula is C13H17NO3S2. The number of amides is 1. The van der Waals surface area contributed by atoms with Gasteiger partial charge >= 0.3 is 5.97 Å². The van der Waals surface area contributed by atoms with E-state index in [1.165, 1.54) is 21.8 Å². The van der Waals surface area contributed by atoms with Gasteiger partial charge in [0, 0.05) is 16.7 Å². The van der Waals surface area contributed by atoms with Crippen molar-refractivity contribution in [2.75, 3.05) is 5.75 Å². The maximum absolute atomic E-state index is 12.1. The number of fused-ring (bicyclic) bond motifs is 1. The van der Waals surface area contributed by atoms with Crippen LogP contribution in [0.2, 0.25) is 0 Å². The van der Waals surface area contributed by atoms with E-state index in [4.69, 9.17) is 5.11 Å². The van der Waals surface area contributed by atoms with Gasteiger partial charge in [0.2, 0.25) is 0 Å². The van der Waals surface area contributed by atoms with E-state index in [-0.39, 0.29) is 11.9 Å². The first-order valence-corrected chi connectivity index (χ1v) is 8.19. The molecule has 0 radical (unpaired) electrons. The molecule has 2 heterocycles. The lowest BCUT2D eigenvalue weighted by atomic mass is 10.0. The lowest BCUT2D eigenvalue weighted by Gasteiger charge is -2.17. The van der Waals surface area contributed by atoms with Gasteiger partial charge in [-0.05, 0) is 37.7 Å². The van der Waals surface area contributed by atoms with Crippen LogP contribution in [0.3, 0.4) is 0 Å². The largest absolute Gasteiger partial charge is 0.481 e. The monoisotopic (exact) mass is 299 g/mol. The highest BCUT2D eigenvalue weighted by Crippen LogP contribution is 2.31. The molecule has 0 saturated carbocycles. The first kappa shape index (κ1) is 14.4. The molecule has 0 aliphatic carbocycles. The Kier molecular flexibility index (Phi) is 4.52. The number of aryl methyl sites for hydroxylation is 1. The zero-order chi connectivity index (χ0) is 14.0. The molecule has 4 nitrogen and oxygen atoms in total. The number of carbonyl (C=O) groups is 2. The zero-order valence-electron chi connectivity index (χ0n) is 10.9. The maximum Gasteiger partial charge on any atom is 0.308 e. The molecule has 104 valence electrons. The molecule has 0 fully saturated rings. The Morgan fingerprint density at radius 3 is 2.79 bits per heavy atom. The number of carbonyl (C=O) groups excluding carboxylic acids is 1. The lowest BCUT2D eigenvalue weighted by molar-refractivity contribution is -0.141. The fraction of sp³-hybridized carbons (Fsp3) is 0.538. The Hall–Kier alpha value is -1.01. The van der Waals surface area contributed by atoms with E-state index in [9.17, 15) is 9.59 Å². The Bertz CT molecular complexity index is 475. The van der Waals surface area contributed by atoms with Gasteiger partial charge in [-0.3, -0.25) is 9.59 Å². The highest BCUT2D eigenvalue weighted by Gasteiger charge is 2.23. The van der Waals surface area contributed by atoms with Crippen molar-refractivity contribution < 1.29 is 14.7 Å². The quantitative estimate of drug-likeness (QED) is 0.896. The van der Waals surface area contributed by atoms with Crippen LogP contribution in [0.1, 0.15) is 34.0 Å². The van der Waals surface area contributed by atoms with E-state index >= 15 is 0 Å². The van der Waals surface area contributed by atoms with Crippen molar-refractivity contribution in [1.29, 1.82) is 0 Å². The Labute approximate surface area is 120 Å². The average molecular weight is 299 g/mol. The number of hydrogen-bond acceptors (Lipinski definition) is 4. The third-order valence-corrected chi connectivity index (χ3v) is 5.59. The van der Waals surface area contributed by atoms with Crippen LogP contribution in [-0.4, -0.2) is 28.8 Å². The van der Waals surface area contributed by atoms with E-state index in [0.29, 0.717) is 4.88 Å². The van der Waals surface area contributed by atoms with Gasteiger partial charge in [-0.2, -0.15) is 11.8 Å². The molecule has 0 spiro atoms. The van der Waals surface area contributed by atoms with E-state index in [2.05, 4.69) is 5.32 Å². The SMILES string of the molecule is CC(NC(=O)c1cc2c(s1)CCSC2)C(C)C(=O)O. The summed E-state index contributed by atoms with van der Waals surface area (Å²) in [5, 5.41) is 11.7. The van der Waals surface area contributed by atoms with Gasteiger partial charge in [0.1, 0.15) is 0 Å². The fourth-order valence-electron chi connectivity index (χ4n) is 1.88. The standard InChI is InChI=1S/C13H17NO3S2/c1-7(13(16)17)8(2)14-12(15)11-5-9-6-18-4-3-10(9)19-11/h5,7-8H,3-4,6H2,1-2H3,(H,14,15)(H,16,17). The van der Waals surface area contributed by atoms with Gasteiger partial charge in [0.05, 0.1) is 10.8 Å². The second-order valence-electron chi connectivity index (χ2n) is 4.75. The van der Waals surface area contributed by atoms with Gasteiger partial charge in [0.25, 0.3) is 5.91 Å². The summed E-state index contributed by atoms with van der Waals surface area (Å²) in [6.45, 7) is 3.32. The van der Waals surface area contributed by atoms with Gasteiger partial charge < -0.3 is 10.4 Å². The lowest BCUT2D eigenvalue weighted by Crippen LogP contribution is -2.39. The molecular weight excluding hydrogens is 282 g/mol. The summed E-state index contributed by atoms with van der Waals surface area (Å²) in [6, 6.07) is 1.57. The molecule has 1 aliphatic rings. The second-order valence-corrected chi connectivity index (χ2v) is 6.99. The number of nitrogens with one attached hydrogen (secondary N) is 1. The summed E-state index contributed by atoms with van der Waals surface area (Å²) in [5.74, 6) is 0.440. The van der Waals surface area contributed by atoms with E-state index in [0.717, 1.165) is 17.9 Å². The number of rotatable bonds is 4. The van der Waals surface area contributed by atoms with Crippen molar-refractivity contribution in [1.82, 2.24) is 5.32 Å². The molecule has 2 unspecified atom stereocenters. The second kappa shape index (κ2) is 5.96. The predicted octanol–water partition coefficient (Wildman–Crippen LogP) is 2.38. The highest BCUT2D eigenvalue weighted by molar-refractivity contribution is 7.98. The van der Waals surface area contributed by atoms with Crippen molar-refractivity contribution >= 4 is 35.0 Å². The van der Waals surface area contributed by atoms with Gasteiger partial charge in [-0.1, -0.05) is 0 Å². The predicted molar refractivity (Wildman–Crippen MR) is 77.9 cm³/mol. The summed E-state index contributed by atoms with van der Waals surface area (Å²) < 4.78 is 0. The summed E-state index contributed by atoms with van der Waals surface area (Å²) in [6.07, 6.45) is 1.03. The van der Waals surface area contributed by atoms with Gasteiger partial charge in [-0.15, -0.1) is 11.3 Å². The molecule has 2 N–H and O–H groups in total. The molecule has 0 aromatic carbocycles. The Morgan fingerprint density at radius 2 is 2.16 bits per heavy atom. The number of carboxylic acid groups (broad SMARTS) is 1. The van der Waals surface area contributed by atoms with E-state index in [1.807, 2.05) is 17.8 Å². The molecule has 1 aromatic rings. The molecule has 1 aliphatic heterocycles. The first-order chi connectivity index (χ1) is 8.99. The van der Waals surface area contributed by atoms with Crippen molar-refractivity contribution in [3.63, 3.8) is 0 Å². The summed E-state index contributed by atoms with van der Waals surface area (Å²) in [5.41, 5.74) is 1.25. The maximum atomic E-state index is 12.1. The van der Waals surface area contributed by atoms with Crippen LogP contribution in [0, 0.1) is 5.92 Å². The van der Waals surface area contributed by atoms with Crippen LogP contribution < -0.4 is 5.32 Å². The number of aliphatic carboxylic acids is 1. The van der Waals surface area contributed by atoms with Gasteiger partial charge in [0.15, 0.2) is 0 Å². The molecule has 1 amide bonds. The molecule has 0 saturated heterocycles. The summed E-state index contributed by atoms with van der Waals surface area (Å²) in [4.78, 5) is 25.0. The molecule has 19 heavy (non-hydrogen) atoms. The van der Waals surface area contributed by atoms with E-state index < -0.39 is 11.9 Å². The molecule has 1 aromatic heterocycles. The van der Waals surface area contributed by atoms with E-state index in [1.54, 1.807) is 13.8 Å². The highest BCUT2D eigenvalue weighted by atomic mass is 32.2. The molecule has 2 rings (SSSR count). The van der Waals surface area contributed by atoms with Crippen molar-refractivity contribution in [2.24, 2.45) is 5.92 Å². The molecule has 0 bridgehead atoms. The van der Waals surface area contributed by atoms with Crippen LogP contribution in [0.25, 0.3) is 0 Å². The van der Waals surface area contributed by atoms with Crippen LogP contribution >= 0.6 is 23.1 Å². The normalized spacial score (nSPS) is 17.4. The number of hydrogen-bond donors (Lipinski definition) is 2. The van der Waals surface area contributed by atoms with Crippen molar-refractivity contribution in [2.45, 2.75) is 32.1 Å². The Balaban J connectivity index is 2.04. The topological polar surface area (TPSA) is 66.4 Å². The summed E-state index contributed by atoms with van der Waals surface area (Å²) in [7, 11) is 0. The van der Waals surface area contributed by atoms with Crippen LogP contribution in [0.5, 0.6) is 0 Å². The number of thioether (sulfide) groups is 1. The third-order valence-electron chi connectivity index (χ3n) is 3.35. The van der Waals surface area contributed by atoms with Gasteiger partial charge in [-0.25, -0.2) is 0 Å². The van der Waals surface area contributed by atoms with Crippen LogP contribution in [0.15, 0.2) is 6.07 Å². The number of carboxylic acids is 1.